The van der Waals surface area contributed by atoms with Gasteiger partial charge in [-0.05, 0) is 48.5 Å². The smallest absolute Gasteiger partial charge is 0.341 e. The molecule has 2 rings (SSSR count). The number of halogens is 3. The van der Waals surface area contributed by atoms with Crippen LogP contribution in [0.4, 0.5) is 8.78 Å². The molecule has 0 bridgehead atoms. The summed E-state index contributed by atoms with van der Waals surface area (Å²) in [5.41, 5.74) is 4.32. The van der Waals surface area contributed by atoms with Gasteiger partial charge in [-0.3, -0.25) is 20.4 Å². The normalized spacial score (nSPS) is 11.0. The van der Waals surface area contributed by atoms with E-state index in [1.165, 1.54) is 12.1 Å². The fourth-order valence-electron chi connectivity index (χ4n) is 1.93. The standard InChI is InChI=1S/C17H13BrF2N2O6S/c18-12-5-1-10(2-6-12)15(24)22-21-14(23)9-28-16(25)11-3-7-13(8-4-11)29(26,27)17(19)20/h1-8,17H,9H2,(H,21,23)(H,22,24). The lowest BCUT2D eigenvalue weighted by Gasteiger charge is -2.09. The molecule has 0 radical (unpaired) electrons. The van der Waals surface area contributed by atoms with Gasteiger partial charge in [0, 0.05) is 10.0 Å². The molecule has 2 aromatic rings. The van der Waals surface area contributed by atoms with E-state index in [2.05, 4.69) is 26.8 Å². The third-order valence-corrected chi connectivity index (χ3v) is 5.34. The van der Waals surface area contributed by atoms with Crippen LogP contribution in [0.25, 0.3) is 0 Å². The van der Waals surface area contributed by atoms with E-state index in [-0.39, 0.29) is 11.1 Å². The number of benzene rings is 2. The van der Waals surface area contributed by atoms with Gasteiger partial charge < -0.3 is 4.74 Å². The van der Waals surface area contributed by atoms with E-state index in [1.54, 1.807) is 12.1 Å². The molecule has 29 heavy (non-hydrogen) atoms. The lowest BCUT2D eigenvalue weighted by Crippen LogP contribution is -2.43. The van der Waals surface area contributed by atoms with E-state index >= 15 is 0 Å². The Morgan fingerprint density at radius 2 is 1.48 bits per heavy atom. The van der Waals surface area contributed by atoms with Gasteiger partial charge in [0.25, 0.3) is 11.8 Å². The Morgan fingerprint density at radius 3 is 2.03 bits per heavy atom. The van der Waals surface area contributed by atoms with Gasteiger partial charge in [0.15, 0.2) is 6.61 Å². The summed E-state index contributed by atoms with van der Waals surface area (Å²) in [6.45, 7) is -0.740. The van der Waals surface area contributed by atoms with Gasteiger partial charge in [-0.15, -0.1) is 0 Å². The van der Waals surface area contributed by atoms with Gasteiger partial charge in [-0.1, -0.05) is 15.9 Å². The quantitative estimate of drug-likeness (QED) is 0.472. The molecule has 0 unspecified atom stereocenters. The second kappa shape index (κ2) is 9.56. The maximum atomic E-state index is 12.5. The Morgan fingerprint density at radius 1 is 0.931 bits per heavy atom. The highest BCUT2D eigenvalue weighted by Gasteiger charge is 2.26. The summed E-state index contributed by atoms with van der Waals surface area (Å²) in [5, 5.41) is 0. The molecule has 0 aliphatic heterocycles. The maximum Gasteiger partial charge on any atom is 0.341 e. The van der Waals surface area contributed by atoms with Crippen LogP contribution in [0.1, 0.15) is 20.7 Å². The first-order chi connectivity index (χ1) is 13.6. The van der Waals surface area contributed by atoms with Gasteiger partial charge >= 0.3 is 11.7 Å². The average molecular weight is 491 g/mol. The van der Waals surface area contributed by atoms with Crippen LogP contribution in [0.15, 0.2) is 57.9 Å². The van der Waals surface area contributed by atoms with Crippen molar-refractivity contribution in [2.75, 3.05) is 6.61 Å². The zero-order chi connectivity index (χ0) is 21.6. The van der Waals surface area contributed by atoms with Crippen LogP contribution in [0.2, 0.25) is 0 Å². The summed E-state index contributed by atoms with van der Waals surface area (Å²) in [7, 11) is -4.78. The van der Waals surface area contributed by atoms with Crippen LogP contribution in [-0.2, 0) is 19.4 Å². The van der Waals surface area contributed by atoms with Crippen LogP contribution >= 0.6 is 15.9 Å². The number of esters is 1. The monoisotopic (exact) mass is 490 g/mol. The Kier molecular flexibility index (Phi) is 7.40. The minimum atomic E-state index is -4.78. The molecular formula is C17H13BrF2N2O6S. The highest BCUT2D eigenvalue weighted by molar-refractivity contribution is 9.10. The van der Waals surface area contributed by atoms with Crippen LogP contribution < -0.4 is 10.9 Å². The number of hydrogen-bond acceptors (Lipinski definition) is 6. The number of sulfone groups is 1. The van der Waals surface area contributed by atoms with Crippen molar-refractivity contribution in [2.45, 2.75) is 10.7 Å². The predicted octanol–water partition coefficient (Wildman–Crippen LogP) is 2.06. The number of carbonyl (C=O) groups excluding carboxylic acids is 3. The minimum absolute atomic E-state index is 0.148. The molecule has 0 saturated heterocycles. The van der Waals surface area contributed by atoms with E-state index in [9.17, 15) is 31.6 Å². The molecule has 0 fully saturated rings. The number of ether oxygens (including phenoxy) is 1. The second-order valence-electron chi connectivity index (χ2n) is 5.42. The van der Waals surface area contributed by atoms with Gasteiger partial charge in [0.2, 0.25) is 9.84 Å². The fourth-order valence-corrected chi connectivity index (χ4v) is 2.92. The summed E-state index contributed by atoms with van der Waals surface area (Å²) in [5.74, 6) is -5.99. The third kappa shape index (κ3) is 6.06. The first-order valence-corrected chi connectivity index (χ1v) is 10.1. The van der Waals surface area contributed by atoms with Gasteiger partial charge in [-0.2, -0.15) is 8.78 Å². The summed E-state index contributed by atoms with van der Waals surface area (Å²) >= 11 is 3.22. The minimum Gasteiger partial charge on any atom is -0.452 e. The summed E-state index contributed by atoms with van der Waals surface area (Å²) in [6.07, 6.45) is 0. The molecule has 12 heteroatoms. The topological polar surface area (TPSA) is 119 Å². The molecule has 0 aliphatic rings. The second-order valence-corrected chi connectivity index (χ2v) is 8.25. The maximum absolute atomic E-state index is 12.5. The average Bonchev–Trinajstić information content (AvgIpc) is 2.70. The van der Waals surface area contributed by atoms with Gasteiger partial charge in [-0.25, -0.2) is 13.2 Å². The van der Waals surface area contributed by atoms with E-state index in [4.69, 9.17) is 4.74 Å². The largest absolute Gasteiger partial charge is 0.452 e. The Balaban J connectivity index is 1.84. The molecule has 2 N–H and O–H groups in total. The highest BCUT2D eigenvalue weighted by atomic mass is 79.9. The zero-order valence-electron chi connectivity index (χ0n) is 14.4. The Hall–Kier alpha value is -2.86. The van der Waals surface area contributed by atoms with Gasteiger partial charge in [0.1, 0.15) is 0 Å². The Bertz CT molecular complexity index is 1010. The number of amides is 2. The lowest BCUT2D eigenvalue weighted by molar-refractivity contribution is -0.125. The summed E-state index contributed by atoms with van der Waals surface area (Å²) < 4.78 is 53.0. The molecule has 154 valence electrons. The number of alkyl halides is 2. The SMILES string of the molecule is O=C(COC(=O)c1ccc(S(=O)(=O)C(F)F)cc1)NNC(=O)c1ccc(Br)cc1. The van der Waals surface area contributed by atoms with E-state index in [0.717, 1.165) is 28.7 Å². The van der Waals surface area contributed by atoms with Crippen molar-refractivity contribution in [2.24, 2.45) is 0 Å². The van der Waals surface area contributed by atoms with Crippen molar-refractivity contribution < 1.29 is 36.3 Å². The molecule has 0 saturated carbocycles. The highest BCUT2D eigenvalue weighted by Crippen LogP contribution is 2.18. The van der Waals surface area contributed by atoms with Gasteiger partial charge in [0.05, 0.1) is 10.5 Å². The number of nitrogens with one attached hydrogen (secondary N) is 2. The van der Waals surface area contributed by atoms with Crippen molar-refractivity contribution in [1.82, 2.24) is 10.9 Å². The van der Waals surface area contributed by atoms with E-state index < -0.39 is 44.9 Å². The van der Waals surface area contributed by atoms with E-state index in [1.807, 2.05) is 0 Å². The Labute approximate surface area is 172 Å². The van der Waals surface area contributed by atoms with Crippen LogP contribution in [0, 0.1) is 0 Å². The third-order valence-electron chi connectivity index (χ3n) is 3.41. The van der Waals surface area contributed by atoms with Crippen molar-refractivity contribution >= 4 is 43.6 Å². The van der Waals surface area contributed by atoms with Crippen LogP contribution in [0.3, 0.4) is 0 Å². The molecule has 0 aromatic heterocycles. The predicted molar refractivity (Wildman–Crippen MR) is 99.7 cm³/mol. The number of hydrogen-bond donors (Lipinski definition) is 2. The number of carbonyl (C=O) groups is 3. The van der Waals surface area contributed by atoms with Crippen molar-refractivity contribution in [1.29, 1.82) is 0 Å². The summed E-state index contributed by atoms with van der Waals surface area (Å²) in [6, 6.07) is 9.92. The molecule has 2 amide bonds. The zero-order valence-corrected chi connectivity index (χ0v) is 16.8. The fraction of sp³-hybridized carbons (Fsp3) is 0.118. The van der Waals surface area contributed by atoms with Crippen LogP contribution in [-0.4, -0.2) is 38.6 Å². The van der Waals surface area contributed by atoms with Crippen LogP contribution in [0.5, 0.6) is 0 Å². The number of rotatable bonds is 6. The van der Waals surface area contributed by atoms with Crippen molar-refractivity contribution in [3.8, 4) is 0 Å². The van der Waals surface area contributed by atoms with Crippen molar-refractivity contribution in [3.63, 3.8) is 0 Å². The first kappa shape index (κ1) is 22.4. The first-order valence-electron chi connectivity index (χ1n) is 7.75. The molecule has 0 atom stereocenters. The molecule has 8 nitrogen and oxygen atoms in total. The molecule has 0 heterocycles. The lowest BCUT2D eigenvalue weighted by atomic mass is 10.2. The number of hydrazine groups is 1. The molecular weight excluding hydrogens is 478 g/mol. The molecule has 2 aromatic carbocycles. The molecule has 0 aliphatic carbocycles. The van der Waals surface area contributed by atoms with E-state index in [0.29, 0.717) is 0 Å². The molecule has 0 spiro atoms. The van der Waals surface area contributed by atoms with Crippen molar-refractivity contribution in [3.05, 3.63) is 64.1 Å². The summed E-state index contributed by atoms with van der Waals surface area (Å²) in [4.78, 5) is 34.7.